The number of nitrogens with one attached hydrogen (secondary N) is 1. The summed E-state index contributed by atoms with van der Waals surface area (Å²) in [5.74, 6) is 0.00244. The summed E-state index contributed by atoms with van der Waals surface area (Å²) in [7, 11) is 0. The Labute approximate surface area is 105 Å². The van der Waals surface area contributed by atoms with Gasteiger partial charge in [0, 0.05) is 5.69 Å². The summed E-state index contributed by atoms with van der Waals surface area (Å²) >= 11 is 0. The van der Waals surface area contributed by atoms with E-state index in [-0.39, 0.29) is 5.91 Å². The van der Waals surface area contributed by atoms with Crippen molar-refractivity contribution in [3.05, 3.63) is 29.3 Å². The van der Waals surface area contributed by atoms with Crippen molar-refractivity contribution < 1.29 is 6.17 Å². The number of likely N-dealkylation sites (N-methyl/N-ethyl adjacent to an activating group) is 1. The molecule has 3 heteroatoms. The molecule has 1 rings (SSSR count). The number of hydrogen-bond acceptors (Lipinski definition) is 2. The Morgan fingerprint density at radius 1 is 1.29 bits per heavy atom. The molecule has 0 aliphatic heterocycles. The van der Waals surface area contributed by atoms with E-state index in [4.69, 9.17) is 1.37 Å². The topological polar surface area (TPSA) is 32.3 Å². The third kappa shape index (κ3) is 3.86. The molecule has 0 atom stereocenters. The zero-order chi connectivity index (χ0) is 13.7. The molecule has 0 saturated carbocycles. The lowest BCUT2D eigenvalue weighted by Crippen LogP contribution is -2.33. The van der Waals surface area contributed by atoms with E-state index < -0.39 is 0 Å². The summed E-state index contributed by atoms with van der Waals surface area (Å²) in [5.41, 5.74) is 2.71. The molecule has 1 aromatic rings. The molecule has 0 radical (unpaired) electrons. The van der Waals surface area contributed by atoms with E-state index in [1.54, 1.807) is 12.1 Å². The van der Waals surface area contributed by atoms with E-state index in [1.165, 1.54) is 0 Å². The van der Waals surface area contributed by atoms with Crippen LogP contribution in [0.2, 0.25) is 0 Å². The second kappa shape index (κ2) is 6.40. The molecular weight excluding hydrogens is 212 g/mol. The van der Waals surface area contributed by atoms with Crippen molar-refractivity contribution >= 4 is 11.6 Å². The number of aryl methyl sites for hydroxylation is 2. The van der Waals surface area contributed by atoms with Crippen LogP contribution in [0.1, 0.15) is 26.3 Å². The van der Waals surface area contributed by atoms with Crippen LogP contribution in [0.15, 0.2) is 18.2 Å². The SMILES string of the molecule is [2H]c1cc(C)c(NC(=O)CN(CC)CC)c(C)c1. The third-order valence-electron chi connectivity index (χ3n) is 2.91. The molecule has 1 N–H and O–H groups in total. The molecule has 0 bridgehead atoms. The van der Waals surface area contributed by atoms with E-state index >= 15 is 0 Å². The number of nitrogens with zero attached hydrogens (tertiary/aromatic N) is 1. The number of hydrogen-bond donors (Lipinski definition) is 1. The van der Waals surface area contributed by atoms with Gasteiger partial charge in [-0.25, -0.2) is 0 Å². The predicted molar refractivity (Wildman–Crippen MR) is 72.3 cm³/mol. The molecule has 1 aromatic carbocycles. The zero-order valence-corrected chi connectivity index (χ0v) is 11.1. The van der Waals surface area contributed by atoms with E-state index in [9.17, 15) is 4.79 Å². The maximum atomic E-state index is 11.9. The van der Waals surface area contributed by atoms with Crippen molar-refractivity contribution in [2.45, 2.75) is 27.7 Å². The Kier molecular flexibility index (Phi) is 4.56. The molecule has 0 fully saturated rings. The lowest BCUT2D eigenvalue weighted by molar-refractivity contribution is -0.117. The molecule has 0 heterocycles. The summed E-state index contributed by atoms with van der Waals surface area (Å²) in [4.78, 5) is 14.0. The van der Waals surface area contributed by atoms with Crippen molar-refractivity contribution in [2.24, 2.45) is 0 Å². The van der Waals surface area contributed by atoms with Crippen molar-refractivity contribution in [2.75, 3.05) is 25.0 Å². The van der Waals surface area contributed by atoms with Gasteiger partial charge in [-0.15, -0.1) is 0 Å². The molecule has 3 nitrogen and oxygen atoms in total. The van der Waals surface area contributed by atoms with Crippen LogP contribution in [-0.2, 0) is 4.79 Å². The predicted octanol–water partition coefficient (Wildman–Crippen LogP) is 2.58. The molecular formula is C14H22N2O. The molecule has 1 amide bonds. The van der Waals surface area contributed by atoms with Crippen LogP contribution in [-0.4, -0.2) is 30.4 Å². The Morgan fingerprint density at radius 3 is 2.29 bits per heavy atom. The van der Waals surface area contributed by atoms with Gasteiger partial charge in [0.1, 0.15) is 0 Å². The molecule has 0 aliphatic rings. The van der Waals surface area contributed by atoms with Crippen molar-refractivity contribution in [1.29, 1.82) is 0 Å². The standard InChI is InChI=1S/C14H22N2O/c1-5-16(6-2)10-13(17)15-14-11(3)8-7-9-12(14)4/h7-9H,5-6,10H2,1-4H3,(H,15,17)/i7D. The minimum Gasteiger partial charge on any atom is -0.324 e. The molecule has 0 saturated heterocycles. The number of rotatable bonds is 5. The maximum absolute atomic E-state index is 11.9. The van der Waals surface area contributed by atoms with Gasteiger partial charge >= 0.3 is 0 Å². The summed E-state index contributed by atoms with van der Waals surface area (Å²) < 4.78 is 7.61. The van der Waals surface area contributed by atoms with Crippen LogP contribution in [0.4, 0.5) is 5.69 Å². The van der Waals surface area contributed by atoms with E-state index in [2.05, 4.69) is 10.2 Å². The van der Waals surface area contributed by atoms with E-state index in [0.717, 1.165) is 29.9 Å². The second-order valence-corrected chi connectivity index (χ2v) is 4.21. The number of carbonyl (C=O) groups is 1. The maximum Gasteiger partial charge on any atom is 0.238 e. The van der Waals surface area contributed by atoms with Gasteiger partial charge in [0.2, 0.25) is 5.91 Å². The molecule has 0 aliphatic carbocycles. The van der Waals surface area contributed by atoms with Gasteiger partial charge in [0.25, 0.3) is 0 Å². The van der Waals surface area contributed by atoms with Gasteiger partial charge in [-0.05, 0) is 38.1 Å². The fourth-order valence-electron chi connectivity index (χ4n) is 1.77. The highest BCUT2D eigenvalue weighted by Crippen LogP contribution is 2.19. The fourth-order valence-corrected chi connectivity index (χ4v) is 1.77. The Morgan fingerprint density at radius 2 is 1.82 bits per heavy atom. The van der Waals surface area contributed by atoms with Crippen molar-refractivity contribution in [1.82, 2.24) is 4.90 Å². The zero-order valence-electron chi connectivity index (χ0n) is 12.1. The first-order valence-electron chi connectivity index (χ1n) is 6.58. The average Bonchev–Trinajstić information content (AvgIpc) is 2.30. The molecule has 0 spiro atoms. The van der Waals surface area contributed by atoms with Gasteiger partial charge in [-0.3, -0.25) is 9.69 Å². The second-order valence-electron chi connectivity index (χ2n) is 4.21. The molecule has 0 unspecified atom stereocenters. The molecule has 0 aromatic heterocycles. The summed E-state index contributed by atoms with van der Waals surface area (Å²) in [6.07, 6.45) is 0. The number of anilines is 1. The van der Waals surface area contributed by atoms with Crippen LogP contribution in [0.25, 0.3) is 0 Å². The Hall–Kier alpha value is -1.35. The lowest BCUT2D eigenvalue weighted by atomic mass is 10.1. The van der Waals surface area contributed by atoms with Crippen LogP contribution in [0.3, 0.4) is 0 Å². The van der Waals surface area contributed by atoms with E-state index in [1.807, 2.05) is 27.7 Å². The minimum absolute atomic E-state index is 0.00244. The Bertz CT molecular complexity index is 405. The first-order valence-corrected chi connectivity index (χ1v) is 6.08. The van der Waals surface area contributed by atoms with E-state index in [0.29, 0.717) is 12.6 Å². The van der Waals surface area contributed by atoms with Crippen LogP contribution >= 0.6 is 0 Å². The van der Waals surface area contributed by atoms with Gasteiger partial charge in [-0.1, -0.05) is 32.0 Å². The van der Waals surface area contributed by atoms with Gasteiger partial charge in [0.05, 0.1) is 7.92 Å². The van der Waals surface area contributed by atoms with Crippen molar-refractivity contribution in [3.63, 3.8) is 0 Å². The summed E-state index contributed by atoms with van der Waals surface area (Å²) in [5, 5.41) is 2.94. The average molecular weight is 235 g/mol. The number of carbonyl (C=O) groups excluding carboxylic acids is 1. The number of benzene rings is 1. The Balaban J connectivity index is 2.76. The summed E-state index contributed by atoms with van der Waals surface area (Å²) in [6.45, 7) is 10.1. The highest BCUT2D eigenvalue weighted by atomic mass is 16.2. The van der Waals surface area contributed by atoms with Gasteiger partial charge in [-0.2, -0.15) is 0 Å². The monoisotopic (exact) mass is 235 g/mol. The molecule has 94 valence electrons. The van der Waals surface area contributed by atoms with Crippen LogP contribution in [0.5, 0.6) is 0 Å². The van der Waals surface area contributed by atoms with Gasteiger partial charge < -0.3 is 5.32 Å². The normalized spacial score (nSPS) is 11.5. The first-order chi connectivity index (χ1) is 8.47. The first kappa shape index (κ1) is 12.1. The number of para-hydroxylation sites is 1. The fraction of sp³-hybridized carbons (Fsp3) is 0.500. The lowest BCUT2D eigenvalue weighted by Gasteiger charge is -2.18. The smallest absolute Gasteiger partial charge is 0.238 e. The highest BCUT2D eigenvalue weighted by Gasteiger charge is 2.09. The highest BCUT2D eigenvalue weighted by molar-refractivity contribution is 5.93. The van der Waals surface area contributed by atoms with Gasteiger partial charge in [0.15, 0.2) is 0 Å². The number of amides is 1. The molecule has 17 heavy (non-hydrogen) atoms. The summed E-state index contributed by atoms with van der Waals surface area (Å²) in [6, 6.07) is 4.01. The quantitative estimate of drug-likeness (QED) is 0.850. The largest absolute Gasteiger partial charge is 0.324 e. The van der Waals surface area contributed by atoms with Crippen LogP contribution < -0.4 is 5.32 Å². The third-order valence-corrected chi connectivity index (χ3v) is 2.91. The van der Waals surface area contributed by atoms with Crippen molar-refractivity contribution in [3.8, 4) is 0 Å². The minimum atomic E-state index is 0.00244. The van der Waals surface area contributed by atoms with Crippen LogP contribution in [0, 0.1) is 13.8 Å².